The average Bonchev–Trinajstić information content (AvgIpc) is 2.92. The molecule has 120 valence electrons. The predicted molar refractivity (Wildman–Crippen MR) is 95.5 cm³/mol. The second-order valence-corrected chi connectivity index (χ2v) is 5.88. The molecule has 2 N–H and O–H groups in total. The standard InChI is InChI=1S/C17H23BN4O/c1-3-16-21-15-12-19-14-9-5-4-8-13(14)17(15)22(16)11-7-6-10-20-18(2)23/h4-5,8-9,12,20,23H,3,6-7,10-11H2,1-2H3. The topological polar surface area (TPSA) is 63.0 Å². The molecule has 3 aromatic rings. The Labute approximate surface area is 136 Å². The van der Waals surface area contributed by atoms with Crippen LogP contribution in [-0.4, -0.2) is 33.2 Å². The van der Waals surface area contributed by atoms with Gasteiger partial charge in [-0.1, -0.05) is 25.1 Å². The number of rotatable bonds is 7. The zero-order valence-electron chi connectivity index (χ0n) is 13.8. The Morgan fingerprint density at radius 2 is 2.04 bits per heavy atom. The zero-order valence-corrected chi connectivity index (χ0v) is 13.8. The van der Waals surface area contributed by atoms with Crippen LogP contribution in [0.25, 0.3) is 21.9 Å². The highest BCUT2D eigenvalue weighted by molar-refractivity contribution is 6.45. The number of nitrogens with zero attached hydrogens (tertiary/aromatic N) is 3. The number of unbranched alkanes of at least 4 members (excludes halogenated alkanes) is 1. The first kappa shape index (κ1) is 16.0. The lowest BCUT2D eigenvalue weighted by Gasteiger charge is -2.10. The molecule has 6 heteroatoms. The van der Waals surface area contributed by atoms with Gasteiger partial charge in [-0.15, -0.1) is 0 Å². The van der Waals surface area contributed by atoms with Crippen molar-refractivity contribution in [1.82, 2.24) is 19.8 Å². The van der Waals surface area contributed by atoms with Crippen molar-refractivity contribution in [2.75, 3.05) is 6.54 Å². The largest absolute Gasteiger partial charge is 0.437 e. The molecule has 0 unspecified atom stereocenters. The monoisotopic (exact) mass is 310 g/mol. The lowest BCUT2D eigenvalue weighted by Crippen LogP contribution is -2.31. The minimum absolute atomic E-state index is 0.440. The highest BCUT2D eigenvalue weighted by Crippen LogP contribution is 2.25. The molecule has 1 aromatic carbocycles. The van der Waals surface area contributed by atoms with Crippen LogP contribution < -0.4 is 5.23 Å². The molecule has 5 nitrogen and oxygen atoms in total. The van der Waals surface area contributed by atoms with E-state index in [0.717, 1.165) is 49.2 Å². The molecule has 0 amide bonds. The maximum Gasteiger partial charge on any atom is 0.373 e. The van der Waals surface area contributed by atoms with E-state index in [9.17, 15) is 5.02 Å². The normalized spacial score (nSPS) is 11.4. The summed E-state index contributed by atoms with van der Waals surface area (Å²) in [6.45, 7) is 5.66. The van der Waals surface area contributed by atoms with Gasteiger partial charge < -0.3 is 14.8 Å². The second-order valence-electron chi connectivity index (χ2n) is 5.88. The van der Waals surface area contributed by atoms with Crippen molar-refractivity contribution >= 4 is 29.0 Å². The molecule has 0 saturated heterocycles. The van der Waals surface area contributed by atoms with Gasteiger partial charge in [-0.2, -0.15) is 0 Å². The minimum atomic E-state index is -0.440. The van der Waals surface area contributed by atoms with E-state index >= 15 is 0 Å². The predicted octanol–water partition coefficient (Wildman–Crippen LogP) is 2.63. The van der Waals surface area contributed by atoms with Gasteiger partial charge in [0.1, 0.15) is 11.3 Å². The van der Waals surface area contributed by atoms with Crippen LogP contribution in [0, 0.1) is 0 Å². The number of para-hydroxylation sites is 1. The molecule has 0 saturated carbocycles. The number of hydrogen-bond acceptors (Lipinski definition) is 4. The zero-order chi connectivity index (χ0) is 16.2. The number of hydrogen-bond donors (Lipinski definition) is 2. The van der Waals surface area contributed by atoms with E-state index in [2.05, 4.69) is 33.8 Å². The lowest BCUT2D eigenvalue weighted by atomic mass is 9.89. The van der Waals surface area contributed by atoms with E-state index in [1.54, 1.807) is 6.82 Å². The van der Waals surface area contributed by atoms with Gasteiger partial charge >= 0.3 is 7.05 Å². The van der Waals surface area contributed by atoms with Crippen molar-refractivity contribution < 1.29 is 5.02 Å². The fourth-order valence-electron chi connectivity index (χ4n) is 3.03. The summed E-state index contributed by atoms with van der Waals surface area (Å²) in [6, 6.07) is 8.24. The van der Waals surface area contributed by atoms with Crippen molar-refractivity contribution in [1.29, 1.82) is 0 Å². The molecule has 0 bridgehead atoms. The molecule has 0 fully saturated rings. The van der Waals surface area contributed by atoms with Crippen LogP contribution in [0.1, 0.15) is 25.6 Å². The molecule has 2 aromatic heterocycles. The van der Waals surface area contributed by atoms with Gasteiger partial charge in [-0.25, -0.2) is 4.98 Å². The van der Waals surface area contributed by atoms with Gasteiger partial charge in [0.2, 0.25) is 0 Å². The van der Waals surface area contributed by atoms with Crippen molar-refractivity contribution in [3.63, 3.8) is 0 Å². The first-order chi connectivity index (χ1) is 11.2. The molecule has 0 atom stereocenters. The number of aryl methyl sites for hydroxylation is 2. The van der Waals surface area contributed by atoms with Crippen molar-refractivity contribution in [3.8, 4) is 0 Å². The number of pyridine rings is 1. The smallest absolute Gasteiger partial charge is 0.373 e. The maximum absolute atomic E-state index is 9.24. The molecule has 23 heavy (non-hydrogen) atoms. The van der Waals surface area contributed by atoms with Gasteiger partial charge in [0.15, 0.2) is 0 Å². The quantitative estimate of drug-likeness (QED) is 0.520. The molecule has 0 aliphatic rings. The molecule has 0 aliphatic heterocycles. The number of aromatic nitrogens is 3. The van der Waals surface area contributed by atoms with Gasteiger partial charge in [0, 0.05) is 18.4 Å². The van der Waals surface area contributed by atoms with Crippen molar-refractivity contribution in [3.05, 3.63) is 36.3 Å². The van der Waals surface area contributed by atoms with E-state index in [1.165, 1.54) is 10.9 Å². The second kappa shape index (κ2) is 7.11. The van der Waals surface area contributed by atoms with Gasteiger partial charge in [0.05, 0.1) is 17.2 Å². The number of fused-ring (bicyclic) bond motifs is 3. The Bertz CT molecular complexity index is 800. The van der Waals surface area contributed by atoms with Crippen LogP contribution in [0.3, 0.4) is 0 Å². The Hall–Kier alpha value is -1.92. The average molecular weight is 310 g/mol. The van der Waals surface area contributed by atoms with Crippen LogP contribution in [-0.2, 0) is 13.0 Å². The fourth-order valence-corrected chi connectivity index (χ4v) is 3.03. The third kappa shape index (κ3) is 3.38. The summed E-state index contributed by atoms with van der Waals surface area (Å²) in [4.78, 5) is 9.27. The number of benzene rings is 1. The van der Waals surface area contributed by atoms with Crippen molar-refractivity contribution in [2.24, 2.45) is 0 Å². The highest BCUT2D eigenvalue weighted by atomic mass is 16.2. The van der Waals surface area contributed by atoms with Crippen LogP contribution in [0.2, 0.25) is 6.82 Å². The van der Waals surface area contributed by atoms with E-state index in [0.29, 0.717) is 0 Å². The van der Waals surface area contributed by atoms with Crippen molar-refractivity contribution in [2.45, 2.75) is 39.6 Å². The third-order valence-corrected chi connectivity index (χ3v) is 4.12. The highest BCUT2D eigenvalue weighted by Gasteiger charge is 2.12. The van der Waals surface area contributed by atoms with Crippen LogP contribution >= 0.6 is 0 Å². The molecule has 3 rings (SSSR count). The fraction of sp³-hybridized carbons (Fsp3) is 0.412. The summed E-state index contributed by atoms with van der Waals surface area (Å²) in [5.74, 6) is 1.11. The van der Waals surface area contributed by atoms with E-state index < -0.39 is 7.05 Å². The molecular weight excluding hydrogens is 287 g/mol. The summed E-state index contributed by atoms with van der Waals surface area (Å²) in [5.41, 5.74) is 3.18. The van der Waals surface area contributed by atoms with Gasteiger partial charge in [-0.3, -0.25) is 4.98 Å². The third-order valence-electron chi connectivity index (χ3n) is 4.12. The Morgan fingerprint density at radius 3 is 2.83 bits per heavy atom. The first-order valence-corrected chi connectivity index (χ1v) is 8.35. The first-order valence-electron chi connectivity index (χ1n) is 8.35. The number of imidazole rings is 1. The van der Waals surface area contributed by atoms with E-state index in [-0.39, 0.29) is 0 Å². The Balaban J connectivity index is 1.89. The van der Waals surface area contributed by atoms with Crippen LogP contribution in [0.15, 0.2) is 30.5 Å². The van der Waals surface area contributed by atoms with Gasteiger partial charge in [0.25, 0.3) is 0 Å². The SMILES string of the molecule is CCc1nc2cnc3ccccc3c2n1CCCCNB(C)O. The molecule has 0 aliphatic carbocycles. The summed E-state index contributed by atoms with van der Waals surface area (Å²) in [5, 5.41) is 13.5. The molecule has 2 heterocycles. The maximum atomic E-state index is 9.24. The lowest BCUT2D eigenvalue weighted by molar-refractivity contribution is 0.539. The Kier molecular flexibility index (Phi) is 4.93. The van der Waals surface area contributed by atoms with Crippen LogP contribution in [0.5, 0.6) is 0 Å². The van der Waals surface area contributed by atoms with Gasteiger partial charge in [-0.05, 0) is 32.3 Å². The van der Waals surface area contributed by atoms with E-state index in [1.807, 2.05) is 18.3 Å². The van der Waals surface area contributed by atoms with E-state index in [4.69, 9.17) is 4.98 Å². The summed E-state index contributed by atoms with van der Waals surface area (Å²) >= 11 is 0. The summed E-state index contributed by atoms with van der Waals surface area (Å²) < 4.78 is 2.34. The van der Waals surface area contributed by atoms with Crippen LogP contribution in [0.4, 0.5) is 0 Å². The molecule has 0 radical (unpaired) electrons. The molecule has 0 spiro atoms. The minimum Gasteiger partial charge on any atom is -0.437 e. The Morgan fingerprint density at radius 1 is 1.22 bits per heavy atom. The molecular formula is C17H23BN4O. The number of nitrogens with one attached hydrogen (secondary N) is 1. The summed E-state index contributed by atoms with van der Waals surface area (Å²) in [6.07, 6.45) is 4.86. The summed E-state index contributed by atoms with van der Waals surface area (Å²) in [7, 11) is -0.440.